The van der Waals surface area contributed by atoms with Crippen LogP contribution in [-0.2, 0) is 4.74 Å². The molecular weight excluding hydrogens is 158 g/mol. The number of carbonyl (C=O) groups is 1. The Morgan fingerprint density at radius 3 is 2.83 bits per heavy atom. The van der Waals surface area contributed by atoms with Gasteiger partial charge < -0.3 is 9.64 Å². The van der Waals surface area contributed by atoms with E-state index in [9.17, 15) is 4.79 Å². The van der Waals surface area contributed by atoms with E-state index in [1.165, 1.54) is 0 Å². The molecule has 1 heterocycles. The van der Waals surface area contributed by atoms with E-state index in [0.717, 1.165) is 0 Å². The van der Waals surface area contributed by atoms with Crippen molar-refractivity contribution < 1.29 is 9.53 Å². The van der Waals surface area contributed by atoms with Crippen LogP contribution in [0.4, 0.5) is 4.79 Å². The third kappa shape index (κ3) is 2.09. The molecule has 0 spiro atoms. The largest absolute Gasteiger partial charge is 0.372 e. The highest BCUT2D eigenvalue weighted by atomic mass is 16.5. The quantitative estimate of drug-likeness (QED) is 0.300. The number of hydrogen-bond acceptors (Lipinski definition) is 3. The minimum atomic E-state index is -0.259. The summed E-state index contributed by atoms with van der Waals surface area (Å²) in [5, 5.41) is 0. The fourth-order valence-corrected chi connectivity index (χ4v) is 1.28. The number of amides is 2. The van der Waals surface area contributed by atoms with Crippen molar-refractivity contribution in [2.24, 2.45) is 5.84 Å². The first kappa shape index (κ1) is 9.28. The maximum absolute atomic E-state index is 11.1. The smallest absolute Gasteiger partial charge is 0.331 e. The molecule has 0 radical (unpaired) electrons. The molecule has 0 saturated carbocycles. The lowest BCUT2D eigenvalue weighted by molar-refractivity contribution is -0.0733. The van der Waals surface area contributed by atoms with Crippen LogP contribution in [0.5, 0.6) is 0 Å². The standard InChI is InChI=1S/C7H15N3O2/c1-7(2)5-10(3-4-12-7)6(11)9-8/h3-5,8H2,1-2H3,(H,9,11). The lowest BCUT2D eigenvalue weighted by atomic mass is 10.1. The molecule has 1 rings (SSSR count). The van der Waals surface area contributed by atoms with Crippen molar-refractivity contribution in [2.75, 3.05) is 19.7 Å². The van der Waals surface area contributed by atoms with E-state index in [0.29, 0.717) is 19.7 Å². The van der Waals surface area contributed by atoms with E-state index in [1.54, 1.807) is 4.90 Å². The van der Waals surface area contributed by atoms with Crippen LogP contribution < -0.4 is 11.3 Å². The van der Waals surface area contributed by atoms with E-state index in [1.807, 2.05) is 13.8 Å². The number of nitrogens with one attached hydrogen (secondary N) is 1. The zero-order valence-electron chi connectivity index (χ0n) is 7.46. The van der Waals surface area contributed by atoms with E-state index >= 15 is 0 Å². The Balaban J connectivity index is 2.52. The van der Waals surface area contributed by atoms with Gasteiger partial charge in [-0.1, -0.05) is 0 Å². The molecule has 1 aliphatic rings. The summed E-state index contributed by atoms with van der Waals surface area (Å²) in [6, 6.07) is -0.244. The zero-order chi connectivity index (χ0) is 9.19. The Morgan fingerprint density at radius 1 is 1.67 bits per heavy atom. The summed E-state index contributed by atoms with van der Waals surface area (Å²) in [5.74, 6) is 5.01. The minimum absolute atomic E-state index is 0.244. The van der Waals surface area contributed by atoms with Gasteiger partial charge in [-0.3, -0.25) is 5.43 Å². The first-order valence-electron chi connectivity index (χ1n) is 3.95. The van der Waals surface area contributed by atoms with Crippen LogP contribution in [0.25, 0.3) is 0 Å². The lowest BCUT2D eigenvalue weighted by Crippen LogP contribution is -2.54. The van der Waals surface area contributed by atoms with Crippen LogP contribution in [0.1, 0.15) is 13.8 Å². The van der Waals surface area contributed by atoms with Gasteiger partial charge in [-0.25, -0.2) is 10.6 Å². The Morgan fingerprint density at radius 2 is 2.33 bits per heavy atom. The second-order valence-electron chi connectivity index (χ2n) is 3.48. The van der Waals surface area contributed by atoms with Gasteiger partial charge in [0.15, 0.2) is 0 Å². The number of nitrogens with two attached hydrogens (primary N) is 1. The van der Waals surface area contributed by atoms with Crippen LogP contribution in [0.15, 0.2) is 0 Å². The predicted molar refractivity (Wildman–Crippen MR) is 44.3 cm³/mol. The van der Waals surface area contributed by atoms with Crippen molar-refractivity contribution in [3.8, 4) is 0 Å². The Labute approximate surface area is 71.8 Å². The van der Waals surface area contributed by atoms with Crippen molar-refractivity contribution in [1.82, 2.24) is 10.3 Å². The number of carbonyl (C=O) groups excluding carboxylic acids is 1. The summed E-state index contributed by atoms with van der Waals surface area (Å²) in [4.78, 5) is 12.7. The second kappa shape index (κ2) is 3.28. The first-order valence-corrected chi connectivity index (χ1v) is 3.95. The SMILES string of the molecule is CC1(C)CN(C(=O)NN)CCO1. The van der Waals surface area contributed by atoms with Crippen LogP contribution in [0, 0.1) is 0 Å². The van der Waals surface area contributed by atoms with Crippen molar-refractivity contribution in [3.05, 3.63) is 0 Å². The molecule has 0 unspecified atom stereocenters. The van der Waals surface area contributed by atoms with Gasteiger partial charge in [0.25, 0.3) is 0 Å². The Bertz CT molecular complexity index is 181. The number of hydrazine groups is 1. The molecule has 0 aromatic carbocycles. The number of rotatable bonds is 0. The van der Waals surface area contributed by atoms with Gasteiger partial charge in [0.2, 0.25) is 0 Å². The number of urea groups is 1. The molecule has 0 bridgehead atoms. The molecule has 0 aromatic rings. The molecule has 70 valence electrons. The average Bonchev–Trinajstić information content (AvgIpc) is 2.01. The molecule has 1 saturated heterocycles. The third-order valence-electron chi connectivity index (χ3n) is 1.84. The van der Waals surface area contributed by atoms with Gasteiger partial charge in [0.1, 0.15) is 0 Å². The van der Waals surface area contributed by atoms with Gasteiger partial charge in [0.05, 0.1) is 18.8 Å². The third-order valence-corrected chi connectivity index (χ3v) is 1.84. The van der Waals surface area contributed by atoms with Gasteiger partial charge in [0, 0.05) is 6.54 Å². The van der Waals surface area contributed by atoms with E-state index < -0.39 is 0 Å². The van der Waals surface area contributed by atoms with Crippen molar-refractivity contribution in [1.29, 1.82) is 0 Å². The summed E-state index contributed by atoms with van der Waals surface area (Å²) < 4.78 is 5.43. The molecule has 5 heteroatoms. The van der Waals surface area contributed by atoms with Crippen molar-refractivity contribution in [2.45, 2.75) is 19.4 Å². The highest BCUT2D eigenvalue weighted by molar-refractivity contribution is 5.73. The van der Waals surface area contributed by atoms with E-state index in [-0.39, 0.29) is 11.6 Å². The molecule has 0 aromatic heterocycles. The van der Waals surface area contributed by atoms with Gasteiger partial charge in [-0.05, 0) is 13.8 Å². The minimum Gasteiger partial charge on any atom is -0.372 e. The molecule has 0 aliphatic carbocycles. The van der Waals surface area contributed by atoms with Crippen molar-refractivity contribution in [3.63, 3.8) is 0 Å². The fourth-order valence-electron chi connectivity index (χ4n) is 1.28. The molecule has 0 atom stereocenters. The first-order chi connectivity index (χ1) is 5.55. The second-order valence-corrected chi connectivity index (χ2v) is 3.48. The zero-order valence-corrected chi connectivity index (χ0v) is 7.46. The maximum atomic E-state index is 11.1. The average molecular weight is 173 g/mol. The highest BCUT2D eigenvalue weighted by Crippen LogP contribution is 2.15. The summed E-state index contributed by atoms with van der Waals surface area (Å²) in [6.07, 6.45) is 0. The van der Waals surface area contributed by atoms with Crippen molar-refractivity contribution >= 4 is 6.03 Å². The normalized spacial score (nSPS) is 22.1. The number of nitrogens with zero attached hydrogens (tertiary/aromatic N) is 1. The topological polar surface area (TPSA) is 67.6 Å². The van der Waals surface area contributed by atoms with E-state index in [2.05, 4.69) is 5.43 Å². The number of morpholine rings is 1. The Kier molecular flexibility index (Phi) is 2.54. The summed E-state index contributed by atoms with van der Waals surface area (Å²) >= 11 is 0. The molecule has 2 amide bonds. The molecule has 1 aliphatic heterocycles. The number of ether oxygens (including phenoxy) is 1. The highest BCUT2D eigenvalue weighted by Gasteiger charge is 2.29. The monoisotopic (exact) mass is 173 g/mol. The molecule has 5 nitrogen and oxygen atoms in total. The molecule has 3 N–H and O–H groups in total. The molecule has 1 fully saturated rings. The van der Waals surface area contributed by atoms with Gasteiger partial charge in [-0.2, -0.15) is 0 Å². The van der Waals surface area contributed by atoms with Gasteiger partial charge >= 0.3 is 6.03 Å². The Hall–Kier alpha value is -0.810. The van der Waals surface area contributed by atoms with Crippen LogP contribution in [0.2, 0.25) is 0 Å². The molecule has 12 heavy (non-hydrogen) atoms. The van der Waals surface area contributed by atoms with Crippen LogP contribution in [-0.4, -0.2) is 36.2 Å². The van der Waals surface area contributed by atoms with Crippen LogP contribution in [0.3, 0.4) is 0 Å². The van der Waals surface area contributed by atoms with E-state index in [4.69, 9.17) is 10.6 Å². The maximum Gasteiger partial charge on any atom is 0.331 e. The lowest BCUT2D eigenvalue weighted by Gasteiger charge is -2.37. The summed E-state index contributed by atoms with van der Waals surface area (Å²) in [5.41, 5.74) is 1.84. The predicted octanol–water partition coefficient (Wildman–Crippen LogP) is -0.319. The fraction of sp³-hybridized carbons (Fsp3) is 0.857. The summed E-state index contributed by atoms with van der Waals surface area (Å²) in [6.45, 7) is 5.65. The van der Waals surface area contributed by atoms with Crippen LogP contribution >= 0.6 is 0 Å². The van der Waals surface area contributed by atoms with Gasteiger partial charge in [-0.15, -0.1) is 0 Å². The molecular formula is C7H15N3O2. The summed E-state index contributed by atoms with van der Waals surface area (Å²) in [7, 11) is 0. The number of hydrogen-bond donors (Lipinski definition) is 2.